The molecular weight excluding hydrogens is 324 g/mol. The van der Waals surface area contributed by atoms with E-state index in [1.165, 1.54) is 0 Å². The van der Waals surface area contributed by atoms with Crippen molar-refractivity contribution in [3.05, 3.63) is 28.2 Å². The minimum absolute atomic E-state index is 0.206. The number of carbonyl (C=O) groups excluding carboxylic acids is 2. The number of hydrazine groups is 1. The van der Waals surface area contributed by atoms with Gasteiger partial charge in [-0.1, -0.05) is 13.8 Å². The van der Waals surface area contributed by atoms with E-state index in [0.717, 1.165) is 12.8 Å². The van der Waals surface area contributed by atoms with Crippen LogP contribution in [0.15, 0.2) is 22.7 Å². The van der Waals surface area contributed by atoms with Crippen molar-refractivity contribution in [3.63, 3.8) is 0 Å². The molecule has 0 unspecified atom stereocenters. The third-order valence-corrected chi connectivity index (χ3v) is 3.07. The molecule has 0 radical (unpaired) electrons. The van der Waals surface area contributed by atoms with Crippen molar-refractivity contribution in [2.24, 2.45) is 0 Å². The smallest absolute Gasteiger partial charge is 0.269 e. The SMILES string of the molecule is CCCOc1ccc(C(=O)NNC(=O)CCC)cc1Br. The van der Waals surface area contributed by atoms with Crippen LogP contribution in [0.5, 0.6) is 5.75 Å². The molecule has 2 amide bonds. The van der Waals surface area contributed by atoms with E-state index in [-0.39, 0.29) is 11.8 Å². The van der Waals surface area contributed by atoms with Crippen LogP contribution in [0.1, 0.15) is 43.5 Å². The molecule has 0 aliphatic heterocycles. The van der Waals surface area contributed by atoms with Gasteiger partial charge < -0.3 is 4.74 Å². The number of rotatable bonds is 6. The van der Waals surface area contributed by atoms with Gasteiger partial charge in [0, 0.05) is 12.0 Å². The summed E-state index contributed by atoms with van der Waals surface area (Å²) in [7, 11) is 0. The molecule has 2 N–H and O–H groups in total. The number of hydrogen-bond donors (Lipinski definition) is 2. The van der Waals surface area contributed by atoms with Gasteiger partial charge in [0.25, 0.3) is 5.91 Å². The normalized spacial score (nSPS) is 9.95. The molecule has 0 saturated heterocycles. The van der Waals surface area contributed by atoms with E-state index in [0.29, 0.717) is 28.8 Å². The maximum absolute atomic E-state index is 11.8. The zero-order valence-electron chi connectivity index (χ0n) is 11.7. The summed E-state index contributed by atoms with van der Waals surface area (Å²) in [6, 6.07) is 5.03. The summed E-state index contributed by atoms with van der Waals surface area (Å²) < 4.78 is 6.21. The van der Waals surface area contributed by atoms with E-state index >= 15 is 0 Å². The molecule has 0 aliphatic carbocycles. The summed E-state index contributed by atoms with van der Waals surface area (Å²) in [5.41, 5.74) is 5.18. The highest BCUT2D eigenvalue weighted by atomic mass is 79.9. The summed E-state index contributed by atoms with van der Waals surface area (Å²) in [6.45, 7) is 4.54. The molecule has 0 aromatic heterocycles. The van der Waals surface area contributed by atoms with E-state index in [9.17, 15) is 9.59 Å². The summed E-state index contributed by atoms with van der Waals surface area (Å²) in [6.07, 6.45) is 2.03. The molecule has 0 heterocycles. The van der Waals surface area contributed by atoms with Crippen molar-refractivity contribution < 1.29 is 14.3 Å². The fraction of sp³-hybridized carbons (Fsp3) is 0.429. The molecule has 110 valence electrons. The molecule has 0 fully saturated rings. The van der Waals surface area contributed by atoms with Crippen LogP contribution in [-0.4, -0.2) is 18.4 Å². The van der Waals surface area contributed by atoms with Crippen molar-refractivity contribution in [1.82, 2.24) is 10.9 Å². The van der Waals surface area contributed by atoms with Crippen LogP contribution in [0, 0.1) is 0 Å². The Morgan fingerprint density at radius 2 is 1.95 bits per heavy atom. The first kappa shape index (κ1) is 16.5. The molecule has 1 rings (SSSR count). The molecule has 5 nitrogen and oxygen atoms in total. The summed E-state index contributed by atoms with van der Waals surface area (Å²) in [5.74, 6) is 0.124. The van der Waals surface area contributed by atoms with Gasteiger partial charge in [0.1, 0.15) is 5.75 Å². The van der Waals surface area contributed by atoms with E-state index in [4.69, 9.17) is 4.74 Å². The number of hydrogen-bond acceptors (Lipinski definition) is 3. The van der Waals surface area contributed by atoms with Crippen molar-refractivity contribution in [1.29, 1.82) is 0 Å². The van der Waals surface area contributed by atoms with Crippen LogP contribution >= 0.6 is 15.9 Å². The molecule has 20 heavy (non-hydrogen) atoms. The average molecular weight is 343 g/mol. The van der Waals surface area contributed by atoms with Crippen LogP contribution in [-0.2, 0) is 4.79 Å². The molecule has 6 heteroatoms. The van der Waals surface area contributed by atoms with E-state index < -0.39 is 0 Å². The Hall–Kier alpha value is -1.56. The molecule has 0 saturated carbocycles. The second kappa shape index (κ2) is 8.58. The van der Waals surface area contributed by atoms with Crippen molar-refractivity contribution >= 4 is 27.7 Å². The zero-order chi connectivity index (χ0) is 15.0. The number of benzene rings is 1. The molecule has 0 atom stereocenters. The molecular formula is C14H19BrN2O3. The molecule has 1 aromatic rings. The first-order chi connectivity index (χ1) is 9.58. The third-order valence-electron chi connectivity index (χ3n) is 2.45. The Labute approximate surface area is 127 Å². The van der Waals surface area contributed by atoms with Gasteiger partial charge in [-0.15, -0.1) is 0 Å². The minimum atomic E-state index is -0.364. The summed E-state index contributed by atoms with van der Waals surface area (Å²) in [5, 5.41) is 0. The van der Waals surface area contributed by atoms with Crippen molar-refractivity contribution in [2.75, 3.05) is 6.61 Å². The van der Waals surface area contributed by atoms with Gasteiger partial charge in [0.2, 0.25) is 5.91 Å². The highest BCUT2D eigenvalue weighted by molar-refractivity contribution is 9.10. The Balaban J connectivity index is 2.60. The van der Waals surface area contributed by atoms with Crippen molar-refractivity contribution in [3.8, 4) is 5.75 Å². The van der Waals surface area contributed by atoms with Crippen LogP contribution in [0.4, 0.5) is 0 Å². The number of nitrogens with one attached hydrogen (secondary N) is 2. The fourth-order valence-corrected chi connectivity index (χ4v) is 1.95. The Morgan fingerprint density at radius 3 is 2.55 bits per heavy atom. The monoisotopic (exact) mass is 342 g/mol. The first-order valence-electron chi connectivity index (χ1n) is 6.60. The Bertz CT molecular complexity index is 477. The third kappa shape index (κ3) is 5.21. The number of amides is 2. The van der Waals surface area contributed by atoms with Gasteiger partial charge in [0.05, 0.1) is 11.1 Å². The maximum Gasteiger partial charge on any atom is 0.269 e. The lowest BCUT2D eigenvalue weighted by molar-refractivity contribution is -0.121. The predicted molar refractivity (Wildman–Crippen MR) is 80.4 cm³/mol. The Kier molecular flexibility index (Phi) is 7.08. The maximum atomic E-state index is 11.8. The Morgan fingerprint density at radius 1 is 1.20 bits per heavy atom. The largest absolute Gasteiger partial charge is 0.492 e. The molecule has 1 aromatic carbocycles. The quantitative estimate of drug-likeness (QED) is 0.781. The van der Waals surface area contributed by atoms with Gasteiger partial charge in [-0.2, -0.15) is 0 Å². The lowest BCUT2D eigenvalue weighted by Gasteiger charge is -2.10. The van der Waals surface area contributed by atoms with Gasteiger partial charge in [-0.05, 0) is 47.0 Å². The number of halogens is 1. The van der Waals surface area contributed by atoms with Gasteiger partial charge in [-0.3, -0.25) is 20.4 Å². The summed E-state index contributed by atoms with van der Waals surface area (Å²) in [4.78, 5) is 23.1. The zero-order valence-corrected chi connectivity index (χ0v) is 13.2. The van der Waals surface area contributed by atoms with Gasteiger partial charge >= 0.3 is 0 Å². The molecule has 0 bridgehead atoms. The van der Waals surface area contributed by atoms with Crippen LogP contribution in [0.25, 0.3) is 0 Å². The lowest BCUT2D eigenvalue weighted by Crippen LogP contribution is -2.41. The van der Waals surface area contributed by atoms with E-state index in [2.05, 4.69) is 26.8 Å². The standard InChI is InChI=1S/C14H19BrN2O3/c1-3-5-13(18)16-17-14(19)10-6-7-12(11(15)9-10)20-8-4-2/h6-7,9H,3-5,8H2,1-2H3,(H,16,18)(H,17,19). The fourth-order valence-electron chi connectivity index (χ4n) is 1.46. The van der Waals surface area contributed by atoms with Crippen molar-refractivity contribution in [2.45, 2.75) is 33.1 Å². The van der Waals surface area contributed by atoms with E-state index in [1.807, 2.05) is 13.8 Å². The number of ether oxygens (including phenoxy) is 1. The van der Waals surface area contributed by atoms with E-state index in [1.54, 1.807) is 18.2 Å². The highest BCUT2D eigenvalue weighted by Gasteiger charge is 2.10. The van der Waals surface area contributed by atoms with Crippen LogP contribution in [0.2, 0.25) is 0 Å². The first-order valence-corrected chi connectivity index (χ1v) is 7.39. The molecule has 0 spiro atoms. The van der Waals surface area contributed by atoms with Crippen LogP contribution < -0.4 is 15.6 Å². The molecule has 0 aliphatic rings. The average Bonchev–Trinajstić information content (AvgIpc) is 2.43. The number of carbonyl (C=O) groups is 2. The lowest BCUT2D eigenvalue weighted by atomic mass is 10.2. The van der Waals surface area contributed by atoms with Gasteiger partial charge in [0.15, 0.2) is 0 Å². The van der Waals surface area contributed by atoms with Gasteiger partial charge in [-0.25, -0.2) is 0 Å². The second-order valence-electron chi connectivity index (χ2n) is 4.25. The topological polar surface area (TPSA) is 67.4 Å². The summed E-state index contributed by atoms with van der Waals surface area (Å²) >= 11 is 3.36. The second-order valence-corrected chi connectivity index (χ2v) is 5.10. The highest BCUT2D eigenvalue weighted by Crippen LogP contribution is 2.26. The van der Waals surface area contributed by atoms with Crippen LogP contribution in [0.3, 0.4) is 0 Å². The predicted octanol–water partition coefficient (Wildman–Crippen LogP) is 2.80. The minimum Gasteiger partial charge on any atom is -0.492 e.